The Bertz CT molecular complexity index is 382. The van der Waals surface area contributed by atoms with Gasteiger partial charge in [0.25, 0.3) is 0 Å². The number of methoxy groups -OCH3 is 1. The van der Waals surface area contributed by atoms with Crippen LogP contribution in [-0.4, -0.2) is 42.9 Å². The van der Waals surface area contributed by atoms with Gasteiger partial charge in [-0.3, -0.25) is 4.79 Å². The Morgan fingerprint density at radius 2 is 2.05 bits per heavy atom. The van der Waals surface area contributed by atoms with Crippen LogP contribution in [0, 0.1) is 17.8 Å². The van der Waals surface area contributed by atoms with E-state index in [1.54, 1.807) is 7.11 Å². The lowest BCUT2D eigenvalue weighted by Crippen LogP contribution is -2.52. The second-order valence-corrected chi connectivity index (χ2v) is 6.28. The summed E-state index contributed by atoms with van der Waals surface area (Å²) in [7, 11) is 1.61. The molecule has 2 aliphatic rings. The van der Waals surface area contributed by atoms with Crippen LogP contribution < -0.4 is 10.6 Å². The third kappa shape index (κ3) is 3.67. The molecule has 0 aromatic rings. The second kappa shape index (κ2) is 7.11. The van der Waals surface area contributed by atoms with Gasteiger partial charge in [0.05, 0.1) is 18.6 Å². The molecule has 0 aromatic heterocycles. The van der Waals surface area contributed by atoms with Crippen molar-refractivity contribution in [1.29, 1.82) is 0 Å². The standard InChI is InChI=1S/C15H26N2O4/c1-3-4-11(8-21-2)16-15(20)17-13-10-6-5-9(7-10)12(13)14(18)19/h9-13H,3-8H2,1-2H3,(H,18,19)(H2,16,17,20). The summed E-state index contributed by atoms with van der Waals surface area (Å²) in [6.07, 6.45) is 4.73. The van der Waals surface area contributed by atoms with E-state index in [4.69, 9.17) is 4.74 Å². The van der Waals surface area contributed by atoms with E-state index in [1.165, 1.54) is 0 Å². The molecular formula is C15H26N2O4. The Kier molecular flexibility index (Phi) is 5.45. The molecule has 6 nitrogen and oxygen atoms in total. The lowest BCUT2D eigenvalue weighted by molar-refractivity contribution is -0.144. The highest BCUT2D eigenvalue weighted by Crippen LogP contribution is 2.48. The van der Waals surface area contributed by atoms with E-state index in [0.717, 1.165) is 32.1 Å². The molecule has 2 bridgehead atoms. The summed E-state index contributed by atoms with van der Waals surface area (Å²) >= 11 is 0. The van der Waals surface area contributed by atoms with E-state index in [-0.39, 0.29) is 24.0 Å². The zero-order valence-corrected chi connectivity index (χ0v) is 12.8. The summed E-state index contributed by atoms with van der Waals surface area (Å²) in [5.41, 5.74) is 0. The van der Waals surface area contributed by atoms with Gasteiger partial charge < -0.3 is 20.5 Å². The number of hydrogen-bond donors (Lipinski definition) is 3. The molecule has 0 spiro atoms. The van der Waals surface area contributed by atoms with Gasteiger partial charge in [-0.1, -0.05) is 13.3 Å². The molecule has 2 rings (SSSR count). The SMILES string of the molecule is CCCC(COC)NC(=O)NC1C2CCC(C2)C1C(=O)O. The van der Waals surface area contributed by atoms with Gasteiger partial charge in [0.1, 0.15) is 0 Å². The minimum absolute atomic E-state index is 0.0260. The van der Waals surface area contributed by atoms with Crippen molar-refractivity contribution >= 4 is 12.0 Å². The van der Waals surface area contributed by atoms with Crippen molar-refractivity contribution in [2.45, 2.75) is 51.1 Å². The lowest BCUT2D eigenvalue weighted by atomic mass is 9.84. The normalized spacial score (nSPS) is 31.9. The Morgan fingerprint density at radius 1 is 1.33 bits per heavy atom. The number of carboxylic acid groups (broad SMARTS) is 1. The first-order chi connectivity index (χ1) is 10.1. The first-order valence-corrected chi connectivity index (χ1v) is 7.85. The first-order valence-electron chi connectivity index (χ1n) is 7.85. The molecule has 0 radical (unpaired) electrons. The number of nitrogens with one attached hydrogen (secondary N) is 2. The number of aliphatic carboxylic acids is 1. The molecule has 3 N–H and O–H groups in total. The van der Waals surface area contributed by atoms with E-state index < -0.39 is 11.9 Å². The quantitative estimate of drug-likeness (QED) is 0.666. The number of fused-ring (bicyclic) bond motifs is 2. The van der Waals surface area contributed by atoms with Crippen LogP contribution in [0.4, 0.5) is 4.79 Å². The van der Waals surface area contributed by atoms with Gasteiger partial charge in [0, 0.05) is 13.2 Å². The van der Waals surface area contributed by atoms with Crippen LogP contribution in [0.1, 0.15) is 39.0 Å². The minimum Gasteiger partial charge on any atom is -0.481 e. The third-order valence-electron chi connectivity index (χ3n) is 4.84. The fourth-order valence-corrected chi connectivity index (χ4v) is 3.98. The van der Waals surface area contributed by atoms with Crippen LogP contribution in [-0.2, 0) is 9.53 Å². The molecule has 0 aromatic carbocycles. The van der Waals surface area contributed by atoms with Crippen molar-refractivity contribution in [3.8, 4) is 0 Å². The highest BCUT2D eigenvalue weighted by molar-refractivity contribution is 5.77. The Hall–Kier alpha value is -1.30. The van der Waals surface area contributed by atoms with Gasteiger partial charge in [0.15, 0.2) is 0 Å². The first kappa shape index (κ1) is 16.1. The highest BCUT2D eigenvalue weighted by atomic mass is 16.5. The molecule has 2 aliphatic carbocycles. The van der Waals surface area contributed by atoms with Gasteiger partial charge in [0.2, 0.25) is 0 Å². The summed E-state index contributed by atoms with van der Waals surface area (Å²) in [5, 5.41) is 15.2. The molecule has 120 valence electrons. The van der Waals surface area contributed by atoms with Crippen molar-refractivity contribution in [2.75, 3.05) is 13.7 Å². The largest absolute Gasteiger partial charge is 0.481 e. The maximum atomic E-state index is 12.1. The number of ether oxygens (including phenoxy) is 1. The number of carbonyl (C=O) groups excluding carboxylic acids is 1. The molecule has 5 atom stereocenters. The zero-order chi connectivity index (χ0) is 15.4. The summed E-state index contributed by atoms with van der Waals surface area (Å²) < 4.78 is 5.10. The number of carboxylic acids is 1. The Labute approximate surface area is 125 Å². The topological polar surface area (TPSA) is 87.7 Å². The van der Waals surface area contributed by atoms with Crippen molar-refractivity contribution in [2.24, 2.45) is 17.8 Å². The Morgan fingerprint density at radius 3 is 2.67 bits per heavy atom. The fraction of sp³-hybridized carbons (Fsp3) is 0.867. The van der Waals surface area contributed by atoms with Crippen molar-refractivity contribution in [3.63, 3.8) is 0 Å². The van der Waals surface area contributed by atoms with E-state index >= 15 is 0 Å². The molecule has 6 heteroatoms. The maximum Gasteiger partial charge on any atom is 0.315 e. The van der Waals surface area contributed by atoms with Gasteiger partial charge in [-0.2, -0.15) is 0 Å². The van der Waals surface area contributed by atoms with Gasteiger partial charge >= 0.3 is 12.0 Å². The van der Waals surface area contributed by atoms with E-state index in [9.17, 15) is 14.7 Å². The molecule has 0 saturated heterocycles. The van der Waals surface area contributed by atoms with Crippen LogP contribution in [0.2, 0.25) is 0 Å². The number of urea groups is 1. The van der Waals surface area contributed by atoms with Crippen LogP contribution in [0.5, 0.6) is 0 Å². The molecule has 2 fully saturated rings. The van der Waals surface area contributed by atoms with Gasteiger partial charge in [-0.05, 0) is 37.5 Å². The van der Waals surface area contributed by atoms with Crippen LogP contribution >= 0.6 is 0 Å². The highest BCUT2D eigenvalue weighted by Gasteiger charge is 2.51. The molecule has 21 heavy (non-hydrogen) atoms. The van der Waals surface area contributed by atoms with Crippen LogP contribution in [0.25, 0.3) is 0 Å². The molecular weight excluding hydrogens is 272 g/mol. The maximum absolute atomic E-state index is 12.1. The summed E-state index contributed by atoms with van der Waals surface area (Å²) in [6.45, 7) is 2.53. The average molecular weight is 298 g/mol. The smallest absolute Gasteiger partial charge is 0.315 e. The van der Waals surface area contributed by atoms with Gasteiger partial charge in [-0.15, -0.1) is 0 Å². The summed E-state index contributed by atoms with van der Waals surface area (Å²) in [4.78, 5) is 23.6. The van der Waals surface area contributed by atoms with E-state index in [1.807, 2.05) is 0 Å². The molecule has 0 heterocycles. The number of hydrogen-bond acceptors (Lipinski definition) is 3. The zero-order valence-electron chi connectivity index (χ0n) is 12.8. The average Bonchev–Trinajstić information content (AvgIpc) is 2.99. The molecule has 5 unspecified atom stereocenters. The second-order valence-electron chi connectivity index (χ2n) is 6.28. The van der Waals surface area contributed by atoms with Crippen LogP contribution in [0.3, 0.4) is 0 Å². The lowest BCUT2D eigenvalue weighted by Gasteiger charge is -2.29. The molecule has 2 amide bonds. The number of carbonyl (C=O) groups is 2. The van der Waals surface area contributed by atoms with Crippen molar-refractivity contribution < 1.29 is 19.4 Å². The summed E-state index contributed by atoms with van der Waals surface area (Å²) in [5.74, 6) is -0.673. The fourth-order valence-electron chi connectivity index (χ4n) is 3.98. The predicted octanol–water partition coefficient (Wildman–Crippen LogP) is 1.60. The van der Waals surface area contributed by atoms with Crippen LogP contribution in [0.15, 0.2) is 0 Å². The number of rotatable bonds is 7. The monoisotopic (exact) mass is 298 g/mol. The minimum atomic E-state index is -0.783. The van der Waals surface area contributed by atoms with Crippen molar-refractivity contribution in [3.05, 3.63) is 0 Å². The van der Waals surface area contributed by atoms with E-state index in [0.29, 0.717) is 12.5 Å². The molecule has 2 saturated carbocycles. The molecule has 0 aliphatic heterocycles. The van der Waals surface area contributed by atoms with E-state index in [2.05, 4.69) is 17.6 Å². The van der Waals surface area contributed by atoms with Gasteiger partial charge in [-0.25, -0.2) is 4.79 Å². The number of amides is 2. The summed E-state index contributed by atoms with van der Waals surface area (Å²) in [6, 6.07) is -0.526. The third-order valence-corrected chi connectivity index (χ3v) is 4.84. The predicted molar refractivity (Wildman–Crippen MR) is 78.0 cm³/mol. The Balaban J connectivity index is 1.90. The van der Waals surface area contributed by atoms with Crippen molar-refractivity contribution in [1.82, 2.24) is 10.6 Å².